The van der Waals surface area contributed by atoms with Crippen LogP contribution in [0, 0.1) is 0 Å². The molecule has 1 amide bonds. The van der Waals surface area contributed by atoms with Gasteiger partial charge in [0, 0.05) is 25.1 Å². The van der Waals surface area contributed by atoms with E-state index >= 15 is 0 Å². The fourth-order valence-electron chi connectivity index (χ4n) is 5.62. The number of amides is 1. The number of aryl methyl sites for hydroxylation is 1. The standard InChI is InChI=1S/C27H32N2O2/c30-26-10-6-8-22-17-20(11-12-24(22)26)18-27(31)29-16-13-21-7-2-3-9-23(21)25(29)19-28-14-4-1-5-15-28/h2-3,7,9,11-12,17,25H,1,4-6,8,10,13-16,18-19H2. The molecule has 2 heterocycles. The Balaban J connectivity index is 1.37. The SMILES string of the molecule is O=C1CCCc2cc(CC(=O)N3CCc4ccccc4C3CN3CCCCC3)ccc21. The average Bonchev–Trinajstić information content (AvgIpc) is 2.80. The van der Waals surface area contributed by atoms with E-state index in [1.807, 2.05) is 12.1 Å². The van der Waals surface area contributed by atoms with Crippen molar-refractivity contribution in [1.29, 1.82) is 0 Å². The third-order valence-electron chi connectivity index (χ3n) is 7.29. The molecular weight excluding hydrogens is 384 g/mol. The lowest BCUT2D eigenvalue weighted by molar-refractivity contribution is -0.134. The Bertz CT molecular complexity index is 977. The summed E-state index contributed by atoms with van der Waals surface area (Å²) < 4.78 is 0. The van der Waals surface area contributed by atoms with Crippen molar-refractivity contribution in [3.63, 3.8) is 0 Å². The van der Waals surface area contributed by atoms with Crippen LogP contribution in [-0.4, -0.2) is 47.7 Å². The molecule has 0 spiro atoms. The van der Waals surface area contributed by atoms with Gasteiger partial charge in [0.25, 0.3) is 0 Å². The highest BCUT2D eigenvalue weighted by Crippen LogP contribution is 2.32. The van der Waals surface area contributed by atoms with E-state index in [9.17, 15) is 9.59 Å². The Morgan fingerprint density at radius 3 is 2.58 bits per heavy atom. The van der Waals surface area contributed by atoms with Gasteiger partial charge in [0.1, 0.15) is 0 Å². The van der Waals surface area contributed by atoms with Gasteiger partial charge >= 0.3 is 0 Å². The number of Topliss-reactive ketones (excluding diaryl/α,β-unsaturated/α-hetero) is 1. The fourth-order valence-corrected chi connectivity index (χ4v) is 5.62. The monoisotopic (exact) mass is 416 g/mol. The molecule has 0 N–H and O–H groups in total. The first kappa shape index (κ1) is 20.4. The van der Waals surface area contributed by atoms with Gasteiger partial charge < -0.3 is 9.80 Å². The third kappa shape index (κ3) is 4.31. The van der Waals surface area contributed by atoms with Crippen molar-refractivity contribution in [2.24, 2.45) is 0 Å². The molecule has 1 unspecified atom stereocenters. The molecule has 4 nitrogen and oxygen atoms in total. The molecule has 2 aromatic rings. The van der Waals surface area contributed by atoms with E-state index in [0.717, 1.165) is 62.1 Å². The lowest BCUT2D eigenvalue weighted by atomic mass is 9.88. The zero-order chi connectivity index (χ0) is 21.2. The van der Waals surface area contributed by atoms with Gasteiger partial charge in [-0.05, 0) is 67.4 Å². The van der Waals surface area contributed by atoms with E-state index in [2.05, 4.69) is 40.1 Å². The molecule has 5 rings (SSSR count). The van der Waals surface area contributed by atoms with Crippen molar-refractivity contribution >= 4 is 11.7 Å². The summed E-state index contributed by atoms with van der Waals surface area (Å²) >= 11 is 0. The maximum absolute atomic E-state index is 13.5. The highest BCUT2D eigenvalue weighted by molar-refractivity contribution is 5.98. The first-order valence-corrected chi connectivity index (χ1v) is 11.9. The highest BCUT2D eigenvalue weighted by atomic mass is 16.2. The zero-order valence-corrected chi connectivity index (χ0v) is 18.3. The van der Waals surface area contributed by atoms with Crippen LogP contribution in [-0.2, 0) is 24.1 Å². The summed E-state index contributed by atoms with van der Waals surface area (Å²) in [5.41, 5.74) is 5.73. The van der Waals surface area contributed by atoms with Gasteiger partial charge in [-0.2, -0.15) is 0 Å². The predicted octanol–water partition coefficient (Wildman–Crippen LogP) is 4.36. The first-order chi connectivity index (χ1) is 15.2. The van der Waals surface area contributed by atoms with E-state index in [-0.39, 0.29) is 17.7 Å². The maximum Gasteiger partial charge on any atom is 0.227 e. The second-order valence-electron chi connectivity index (χ2n) is 9.36. The lowest BCUT2D eigenvalue weighted by Gasteiger charge is -2.41. The quantitative estimate of drug-likeness (QED) is 0.744. The number of nitrogens with zero attached hydrogens (tertiary/aromatic N) is 2. The van der Waals surface area contributed by atoms with Crippen molar-refractivity contribution in [2.75, 3.05) is 26.2 Å². The normalized spacial score (nSPS) is 21.5. The number of piperidine rings is 1. The second-order valence-corrected chi connectivity index (χ2v) is 9.36. The molecule has 1 aliphatic carbocycles. The summed E-state index contributed by atoms with van der Waals surface area (Å²) in [4.78, 5) is 30.3. The maximum atomic E-state index is 13.5. The molecule has 1 atom stereocenters. The Hall–Kier alpha value is -2.46. The first-order valence-electron chi connectivity index (χ1n) is 11.9. The number of benzene rings is 2. The highest BCUT2D eigenvalue weighted by Gasteiger charge is 2.32. The van der Waals surface area contributed by atoms with Gasteiger partial charge in [-0.1, -0.05) is 48.9 Å². The summed E-state index contributed by atoms with van der Waals surface area (Å²) in [6, 6.07) is 14.8. The van der Waals surface area contributed by atoms with Crippen molar-refractivity contribution in [3.05, 3.63) is 70.3 Å². The number of rotatable bonds is 4. The van der Waals surface area contributed by atoms with Crippen LogP contribution in [0.3, 0.4) is 0 Å². The van der Waals surface area contributed by atoms with Crippen molar-refractivity contribution in [3.8, 4) is 0 Å². The fraction of sp³-hybridized carbons (Fsp3) is 0.481. The summed E-state index contributed by atoms with van der Waals surface area (Å²) in [6.45, 7) is 4.00. The van der Waals surface area contributed by atoms with Crippen molar-refractivity contribution < 1.29 is 9.59 Å². The molecule has 1 saturated heterocycles. The number of carbonyl (C=O) groups is 2. The molecule has 31 heavy (non-hydrogen) atoms. The van der Waals surface area contributed by atoms with Crippen LogP contribution >= 0.6 is 0 Å². The molecule has 0 radical (unpaired) electrons. The molecule has 0 aromatic heterocycles. The Morgan fingerprint density at radius 2 is 1.71 bits per heavy atom. The van der Waals surface area contributed by atoms with Gasteiger partial charge in [0.05, 0.1) is 12.5 Å². The summed E-state index contributed by atoms with van der Waals surface area (Å²) in [5.74, 6) is 0.451. The Labute approximate surface area is 185 Å². The van der Waals surface area contributed by atoms with E-state index in [4.69, 9.17) is 0 Å². The minimum atomic E-state index is 0.134. The topological polar surface area (TPSA) is 40.6 Å². The second kappa shape index (κ2) is 8.96. The van der Waals surface area contributed by atoms with Gasteiger partial charge in [-0.25, -0.2) is 0 Å². The third-order valence-corrected chi connectivity index (χ3v) is 7.29. The van der Waals surface area contributed by atoms with Crippen LogP contribution in [0.5, 0.6) is 0 Å². The van der Waals surface area contributed by atoms with E-state index in [1.54, 1.807) is 0 Å². The number of fused-ring (bicyclic) bond motifs is 2. The van der Waals surface area contributed by atoms with Gasteiger partial charge in [-0.15, -0.1) is 0 Å². The number of likely N-dealkylation sites (tertiary alicyclic amines) is 1. The predicted molar refractivity (Wildman–Crippen MR) is 122 cm³/mol. The zero-order valence-electron chi connectivity index (χ0n) is 18.3. The lowest BCUT2D eigenvalue weighted by Crippen LogP contribution is -2.46. The molecule has 3 aliphatic rings. The molecule has 1 fully saturated rings. The van der Waals surface area contributed by atoms with Crippen molar-refractivity contribution in [1.82, 2.24) is 9.80 Å². The van der Waals surface area contributed by atoms with Crippen LogP contribution in [0.4, 0.5) is 0 Å². The summed E-state index contributed by atoms with van der Waals surface area (Å²) in [7, 11) is 0. The van der Waals surface area contributed by atoms with Crippen LogP contribution in [0.15, 0.2) is 42.5 Å². The molecular formula is C27H32N2O2. The van der Waals surface area contributed by atoms with Gasteiger partial charge in [0.15, 0.2) is 5.78 Å². The van der Waals surface area contributed by atoms with Gasteiger partial charge in [-0.3, -0.25) is 9.59 Å². The molecule has 2 aliphatic heterocycles. The number of hydrogen-bond donors (Lipinski definition) is 0. The van der Waals surface area contributed by atoms with Gasteiger partial charge in [0.2, 0.25) is 5.91 Å². The number of hydrogen-bond acceptors (Lipinski definition) is 3. The average molecular weight is 417 g/mol. The minimum absolute atomic E-state index is 0.134. The minimum Gasteiger partial charge on any atom is -0.334 e. The van der Waals surface area contributed by atoms with Crippen molar-refractivity contribution in [2.45, 2.75) is 57.4 Å². The summed E-state index contributed by atoms with van der Waals surface area (Å²) in [5, 5.41) is 0. The number of carbonyl (C=O) groups excluding carboxylic acids is 2. The molecule has 0 bridgehead atoms. The van der Waals surface area contributed by atoms with E-state index < -0.39 is 0 Å². The Morgan fingerprint density at radius 1 is 0.871 bits per heavy atom. The van der Waals surface area contributed by atoms with Crippen LogP contribution < -0.4 is 0 Å². The smallest absolute Gasteiger partial charge is 0.227 e. The van der Waals surface area contributed by atoms with E-state index in [1.165, 1.54) is 30.4 Å². The van der Waals surface area contributed by atoms with Crippen LogP contribution in [0.2, 0.25) is 0 Å². The van der Waals surface area contributed by atoms with Crippen LogP contribution in [0.25, 0.3) is 0 Å². The largest absolute Gasteiger partial charge is 0.334 e. The molecule has 162 valence electrons. The Kier molecular flexibility index (Phi) is 5.91. The molecule has 0 saturated carbocycles. The molecule has 2 aromatic carbocycles. The number of ketones is 1. The van der Waals surface area contributed by atoms with E-state index in [0.29, 0.717) is 12.8 Å². The molecule has 4 heteroatoms. The summed E-state index contributed by atoms with van der Waals surface area (Å²) in [6.07, 6.45) is 7.70. The van der Waals surface area contributed by atoms with Crippen LogP contribution in [0.1, 0.15) is 70.8 Å².